The molecular weight excluding hydrogens is 1730 g/mol. The Morgan fingerprint density at radius 3 is 1.02 bits per heavy atom. The first kappa shape index (κ1) is 78.8. The van der Waals surface area contributed by atoms with Crippen LogP contribution in [0.15, 0.2) is 497 Å². The molecule has 142 heavy (non-hydrogen) atoms. The number of hydrogen-bond acceptors (Lipinski definition) is 6. The summed E-state index contributed by atoms with van der Waals surface area (Å²) in [6.45, 7) is 0. The quantitative estimate of drug-likeness (QED) is 0.143. The number of hydrogen-bond donors (Lipinski definition) is 0. The summed E-state index contributed by atoms with van der Waals surface area (Å²) in [5.74, 6) is 6.51. The van der Waals surface area contributed by atoms with E-state index in [1.54, 1.807) is 0 Å². The summed E-state index contributed by atoms with van der Waals surface area (Å²) in [4.78, 5) is 5.05. The van der Waals surface area contributed by atoms with Gasteiger partial charge in [0.15, 0.2) is 0 Å². The summed E-state index contributed by atoms with van der Waals surface area (Å²) in [6, 6.07) is 185. The van der Waals surface area contributed by atoms with Crippen LogP contribution in [0.4, 0.5) is 34.1 Å². The Kier molecular flexibility index (Phi) is 16.4. The maximum Gasteiger partial charge on any atom is 0.140 e. The van der Waals surface area contributed by atoms with Gasteiger partial charge < -0.3 is 28.7 Å². The number of nitrogens with zero attached hydrogens (tertiary/aromatic N) is 2. The van der Waals surface area contributed by atoms with Crippen LogP contribution in [-0.2, 0) is 21.7 Å². The Morgan fingerprint density at radius 1 is 0.155 bits per heavy atom. The van der Waals surface area contributed by atoms with Crippen molar-refractivity contribution in [2.45, 2.75) is 21.7 Å². The molecular formula is C136H82N2O4. The van der Waals surface area contributed by atoms with E-state index in [0.29, 0.717) is 0 Å². The van der Waals surface area contributed by atoms with Crippen molar-refractivity contribution in [2.75, 3.05) is 9.80 Å². The van der Waals surface area contributed by atoms with E-state index in [4.69, 9.17) is 18.9 Å². The molecule has 23 aromatic carbocycles. The molecule has 0 aromatic heterocycles. The second-order valence-corrected chi connectivity index (χ2v) is 38.8. The van der Waals surface area contributed by atoms with Gasteiger partial charge in [0.1, 0.15) is 46.0 Å². The van der Waals surface area contributed by atoms with E-state index in [0.717, 1.165) is 191 Å². The number of fused-ring (bicyclic) bond motifs is 42. The van der Waals surface area contributed by atoms with Gasteiger partial charge >= 0.3 is 0 Å². The van der Waals surface area contributed by atoms with Crippen molar-refractivity contribution in [3.63, 3.8) is 0 Å². The zero-order valence-corrected chi connectivity index (χ0v) is 76.9. The molecule has 0 saturated heterocycles. The monoisotopic (exact) mass is 1810 g/mol. The zero-order chi connectivity index (χ0) is 92.8. The topological polar surface area (TPSA) is 43.4 Å². The highest BCUT2D eigenvalue weighted by Gasteiger charge is 2.58. The highest BCUT2D eigenvalue weighted by Crippen LogP contribution is 2.71. The second kappa shape index (κ2) is 29.6. The van der Waals surface area contributed by atoms with Crippen molar-refractivity contribution in [1.82, 2.24) is 0 Å². The molecule has 0 fully saturated rings. The summed E-state index contributed by atoms with van der Waals surface area (Å²) in [6.07, 6.45) is 0. The predicted octanol–water partition coefficient (Wildman–Crippen LogP) is 35.0. The molecule has 0 saturated carbocycles. The third-order valence-corrected chi connectivity index (χ3v) is 32.3. The van der Waals surface area contributed by atoms with Crippen LogP contribution in [0, 0.1) is 0 Å². The van der Waals surface area contributed by atoms with Crippen LogP contribution in [0.2, 0.25) is 0 Å². The van der Waals surface area contributed by atoms with Crippen molar-refractivity contribution in [3.8, 4) is 124 Å². The van der Waals surface area contributed by atoms with Crippen molar-refractivity contribution in [2.24, 2.45) is 0 Å². The molecule has 4 aliphatic carbocycles. The molecule has 4 aliphatic heterocycles. The number of ether oxygens (including phenoxy) is 4. The molecule has 0 bridgehead atoms. The first-order valence-corrected chi connectivity index (χ1v) is 49.1. The fraction of sp³-hybridized carbons (Fsp3) is 0.0294. The van der Waals surface area contributed by atoms with Crippen LogP contribution in [0.25, 0.3) is 110 Å². The first-order chi connectivity index (χ1) is 70.4. The maximum absolute atomic E-state index is 7.83. The average Bonchev–Trinajstić information content (AvgIpc) is 1.50. The van der Waals surface area contributed by atoms with Gasteiger partial charge in [-0.15, -0.1) is 0 Å². The Labute approximate surface area is 821 Å². The first-order valence-electron chi connectivity index (χ1n) is 49.1. The Balaban J connectivity index is 0.606. The van der Waals surface area contributed by atoms with E-state index >= 15 is 0 Å². The standard InChI is InChI=1S/C136H82N2O4/c1-3-30-83(31-4-1)85-58-65-90(66-59-85)137(92-69-73-100-98-38-13-15-43-106(98)133(117(100)79-92)108-45-17-23-52-122(108)139-123-53-24-18-46-109(123)133)93-70-75-102-105-72-62-88-35-8-10-37-96(88)131(105)136(119(102)80-93)113-50-22-28-57-127(113)142-132-97(42-29-51-116(132)136)89-64-76-114-128(78-89)141-126-56-27-19-47-110(126)134(114)107-44-16-14-39-99(107)101-74-71-94(81-118(101)134)138(91-67-60-86(61-68-91)84-32-5-2-6-33-84)121-82-120-130(104-41-12-11-40-103(104)121)129-95-36-9-7-34-87(95)63-77-115(129)135(120)111-48-20-25-54-124(111)140-125-55-26-21-49-112(125)135/h1-82H. The molecule has 6 heteroatoms. The van der Waals surface area contributed by atoms with Gasteiger partial charge in [0, 0.05) is 83.9 Å². The second-order valence-electron chi connectivity index (χ2n) is 38.8. The van der Waals surface area contributed by atoms with Gasteiger partial charge in [-0.05, 0) is 253 Å². The van der Waals surface area contributed by atoms with Crippen LogP contribution >= 0.6 is 0 Å². The van der Waals surface area contributed by atoms with Crippen molar-refractivity contribution in [1.29, 1.82) is 0 Å². The zero-order valence-electron chi connectivity index (χ0n) is 76.9. The third kappa shape index (κ3) is 10.5. The van der Waals surface area contributed by atoms with Crippen LogP contribution in [-0.4, -0.2) is 0 Å². The fourth-order valence-corrected chi connectivity index (χ4v) is 26.7. The number of para-hydroxylation sites is 7. The van der Waals surface area contributed by atoms with Gasteiger partial charge in [-0.1, -0.05) is 388 Å². The lowest BCUT2D eigenvalue weighted by molar-refractivity contribution is 0.435. The highest BCUT2D eigenvalue weighted by atomic mass is 16.5. The third-order valence-electron chi connectivity index (χ3n) is 32.3. The lowest BCUT2D eigenvalue weighted by atomic mass is 9.64. The Bertz CT molecular complexity index is 9310. The molecule has 660 valence electrons. The van der Waals surface area contributed by atoms with E-state index in [1.807, 2.05) is 0 Å². The van der Waals surface area contributed by atoms with E-state index in [1.165, 1.54) is 88.3 Å². The maximum atomic E-state index is 7.83. The Hall–Kier alpha value is -18.4. The molecule has 8 aliphatic rings. The normalized spacial score (nSPS) is 15.7. The largest absolute Gasteiger partial charge is 0.457 e. The summed E-state index contributed by atoms with van der Waals surface area (Å²) in [5, 5.41) is 7.04. The number of anilines is 6. The number of rotatable bonds is 9. The number of benzene rings is 23. The van der Waals surface area contributed by atoms with Gasteiger partial charge in [-0.25, -0.2) is 0 Å². The summed E-state index contributed by atoms with van der Waals surface area (Å²) < 4.78 is 29.5. The average molecular weight is 1810 g/mol. The molecule has 6 nitrogen and oxygen atoms in total. The van der Waals surface area contributed by atoms with E-state index in [-0.39, 0.29) is 0 Å². The molecule has 0 N–H and O–H groups in total. The molecule has 23 aromatic rings. The van der Waals surface area contributed by atoms with Gasteiger partial charge in [0.2, 0.25) is 0 Å². The van der Waals surface area contributed by atoms with Crippen molar-refractivity contribution in [3.05, 3.63) is 586 Å². The smallest absolute Gasteiger partial charge is 0.140 e. The van der Waals surface area contributed by atoms with Crippen molar-refractivity contribution < 1.29 is 18.9 Å². The minimum Gasteiger partial charge on any atom is -0.457 e. The van der Waals surface area contributed by atoms with E-state index in [2.05, 4.69) is 507 Å². The van der Waals surface area contributed by atoms with Gasteiger partial charge in [0.05, 0.1) is 27.3 Å². The Morgan fingerprint density at radius 2 is 0.486 bits per heavy atom. The lowest BCUT2D eigenvalue weighted by Crippen LogP contribution is -2.33. The van der Waals surface area contributed by atoms with Crippen LogP contribution in [0.5, 0.6) is 46.0 Å². The summed E-state index contributed by atoms with van der Waals surface area (Å²) in [5.41, 5.74) is 37.0. The van der Waals surface area contributed by atoms with Gasteiger partial charge in [-0.3, -0.25) is 0 Å². The van der Waals surface area contributed by atoms with Gasteiger partial charge in [0.25, 0.3) is 0 Å². The summed E-state index contributed by atoms with van der Waals surface area (Å²) in [7, 11) is 0. The molecule has 0 radical (unpaired) electrons. The molecule has 31 rings (SSSR count). The molecule has 2 unspecified atom stereocenters. The van der Waals surface area contributed by atoms with Crippen LogP contribution in [0.1, 0.15) is 89.0 Å². The fourth-order valence-electron chi connectivity index (χ4n) is 26.7. The van der Waals surface area contributed by atoms with Gasteiger partial charge in [-0.2, -0.15) is 0 Å². The van der Waals surface area contributed by atoms with Crippen LogP contribution in [0.3, 0.4) is 0 Å². The minimum atomic E-state index is -0.959. The predicted molar refractivity (Wildman–Crippen MR) is 574 cm³/mol. The SMILES string of the molecule is c1ccc(-c2ccc(N(c3ccc4c(c3)C3(c5ccccc5Oc5ccccc53)c3ccccc3-4)c3ccc4c(c3)C3(c5ccccc5Oc5c(-c6ccc7c(c6)Oc6ccccc6C76c7ccccc7-c7ccc(N(c8ccc(-c9ccccc9)cc8)c8cc9c(c%10ccccc8%10)-c8c(ccc%10ccccc8%10)C98c9ccccc9Oc9ccccc98)cc76)cccc53)c3c-4ccc4ccccc34)cc2)cc1. The highest BCUT2D eigenvalue weighted by molar-refractivity contribution is 6.17. The lowest BCUT2D eigenvalue weighted by Gasteiger charge is -2.41. The van der Waals surface area contributed by atoms with Crippen molar-refractivity contribution >= 4 is 66.4 Å². The molecule has 4 spiro atoms. The molecule has 4 heterocycles. The molecule has 0 amide bonds. The minimum absolute atomic E-state index is 0.713. The van der Waals surface area contributed by atoms with E-state index < -0.39 is 21.7 Å². The van der Waals surface area contributed by atoms with E-state index in [9.17, 15) is 0 Å². The summed E-state index contributed by atoms with van der Waals surface area (Å²) >= 11 is 0. The van der Waals surface area contributed by atoms with Crippen LogP contribution < -0.4 is 28.7 Å². The molecule has 2 atom stereocenters.